The highest BCUT2D eigenvalue weighted by molar-refractivity contribution is 7.13. The number of hydrogen-bond donors (Lipinski definition) is 2. The molecule has 0 bridgehead atoms. The molecule has 0 spiro atoms. The summed E-state index contributed by atoms with van der Waals surface area (Å²) < 4.78 is 9.57. The molecule has 0 unspecified atom stereocenters. The van der Waals surface area contributed by atoms with Crippen LogP contribution in [0, 0.1) is 13.8 Å². The quantitative estimate of drug-likeness (QED) is 0.342. The number of carbonyl (C=O) groups excluding carboxylic acids is 2. The summed E-state index contributed by atoms with van der Waals surface area (Å²) >= 11 is 1.38. The second-order valence-corrected chi connectivity index (χ2v) is 10.4. The Hall–Kier alpha value is -3.57. The average Bonchev–Trinajstić information content (AvgIpc) is 3.34. The molecule has 0 atom stereocenters. The fourth-order valence-corrected chi connectivity index (χ4v) is 4.59. The third-order valence-corrected chi connectivity index (χ3v) is 6.78. The van der Waals surface area contributed by atoms with Crippen LogP contribution in [-0.2, 0) is 22.4 Å². The van der Waals surface area contributed by atoms with Crippen LogP contribution in [0.25, 0.3) is 0 Å². The van der Waals surface area contributed by atoms with Crippen molar-refractivity contribution in [2.24, 2.45) is 0 Å². The van der Waals surface area contributed by atoms with E-state index in [4.69, 9.17) is 9.47 Å². The van der Waals surface area contributed by atoms with Gasteiger partial charge in [-0.05, 0) is 38.5 Å². The van der Waals surface area contributed by atoms with Gasteiger partial charge in [-0.3, -0.25) is 0 Å². The van der Waals surface area contributed by atoms with Gasteiger partial charge in [-0.15, -0.1) is 11.3 Å². The standard InChI is InChI=1S/C19H25N5O2.C8H11NO2S.C3H8/c1-3-16-22-17(12-18(23-16)24-10-8-20-9-11-24)21-13-14-4-6-15(7-5-14)19(25)26-2;1-4-11-8(10)7-5(2)9-6(3)12-7;1-3-2/h4-7,12,20H,3,8-11,13H2,1-2H3,(H,21,22,23);4H2,1-3H3;3H2,1-2H3. The van der Waals surface area contributed by atoms with Crippen molar-refractivity contribution in [1.82, 2.24) is 20.3 Å². The smallest absolute Gasteiger partial charge is 0.350 e. The van der Waals surface area contributed by atoms with Crippen LogP contribution in [0.1, 0.15) is 76.2 Å². The number of esters is 2. The van der Waals surface area contributed by atoms with E-state index < -0.39 is 0 Å². The number of ether oxygens (including phenoxy) is 2. The lowest BCUT2D eigenvalue weighted by Gasteiger charge is -2.28. The third-order valence-electron chi connectivity index (χ3n) is 5.73. The predicted octanol–water partition coefficient (Wildman–Crippen LogP) is 5.20. The molecule has 2 N–H and O–H groups in total. The van der Waals surface area contributed by atoms with Crippen LogP contribution in [0.3, 0.4) is 0 Å². The Morgan fingerprint density at radius 3 is 2.20 bits per heavy atom. The van der Waals surface area contributed by atoms with Crippen LogP contribution in [0.4, 0.5) is 11.6 Å². The van der Waals surface area contributed by atoms with Gasteiger partial charge < -0.3 is 25.0 Å². The number of anilines is 2. The van der Waals surface area contributed by atoms with Crippen LogP contribution >= 0.6 is 11.3 Å². The summed E-state index contributed by atoms with van der Waals surface area (Å²) in [5.41, 5.74) is 2.38. The first-order valence-electron chi connectivity index (χ1n) is 14.1. The Labute approximate surface area is 247 Å². The molecular weight excluding hydrogens is 540 g/mol. The summed E-state index contributed by atoms with van der Waals surface area (Å²) in [5, 5.41) is 7.62. The summed E-state index contributed by atoms with van der Waals surface area (Å²) in [5.74, 6) is 2.04. The lowest BCUT2D eigenvalue weighted by molar-refractivity contribution is 0.0529. The van der Waals surface area contributed by atoms with Crippen LogP contribution < -0.4 is 15.5 Å². The molecule has 4 rings (SSSR count). The predicted molar refractivity (Wildman–Crippen MR) is 165 cm³/mol. The number of thiazole rings is 1. The highest BCUT2D eigenvalue weighted by atomic mass is 32.1. The van der Waals surface area contributed by atoms with Gasteiger partial charge in [0.15, 0.2) is 0 Å². The number of aromatic nitrogens is 3. The minimum absolute atomic E-state index is 0.263. The normalized spacial score (nSPS) is 12.3. The maximum absolute atomic E-state index is 11.5. The molecule has 3 heterocycles. The molecule has 11 heteroatoms. The van der Waals surface area contributed by atoms with Gasteiger partial charge >= 0.3 is 11.9 Å². The average molecular weight is 585 g/mol. The summed E-state index contributed by atoms with van der Waals surface area (Å²) in [6.45, 7) is 16.7. The number of aryl methyl sites for hydroxylation is 3. The second-order valence-electron chi connectivity index (χ2n) is 9.24. The third kappa shape index (κ3) is 11.1. The van der Waals surface area contributed by atoms with Crippen molar-refractivity contribution in [3.05, 3.63) is 62.9 Å². The Kier molecular flexibility index (Phi) is 14.8. The van der Waals surface area contributed by atoms with Gasteiger partial charge in [0.1, 0.15) is 22.3 Å². The minimum atomic E-state index is -0.325. The molecule has 2 aromatic heterocycles. The van der Waals surface area contributed by atoms with Crippen molar-refractivity contribution in [3.8, 4) is 0 Å². The number of hydrogen-bond acceptors (Lipinski definition) is 11. The Bertz CT molecular complexity index is 1230. The zero-order chi connectivity index (χ0) is 30.2. The zero-order valence-corrected chi connectivity index (χ0v) is 26.2. The van der Waals surface area contributed by atoms with Crippen LogP contribution in [-0.4, -0.2) is 66.8 Å². The maximum Gasteiger partial charge on any atom is 0.350 e. The SMILES string of the molecule is CCC.CCOC(=O)c1sc(C)nc1C.CCc1nc(NCc2ccc(C(=O)OC)cc2)cc(N2CCNCC2)n1. The van der Waals surface area contributed by atoms with Gasteiger partial charge in [-0.2, -0.15) is 0 Å². The maximum atomic E-state index is 11.5. The van der Waals surface area contributed by atoms with E-state index in [1.165, 1.54) is 24.9 Å². The molecule has 1 fully saturated rings. The van der Waals surface area contributed by atoms with Gasteiger partial charge in [-0.1, -0.05) is 39.3 Å². The lowest BCUT2D eigenvalue weighted by Crippen LogP contribution is -2.44. The highest BCUT2D eigenvalue weighted by Gasteiger charge is 2.15. The molecular formula is C30H44N6O4S. The van der Waals surface area contributed by atoms with Crippen molar-refractivity contribution in [2.75, 3.05) is 50.1 Å². The van der Waals surface area contributed by atoms with E-state index in [0.29, 0.717) is 23.6 Å². The van der Waals surface area contributed by atoms with Crippen molar-refractivity contribution >= 4 is 34.9 Å². The van der Waals surface area contributed by atoms with E-state index in [-0.39, 0.29) is 11.9 Å². The summed E-state index contributed by atoms with van der Waals surface area (Å²) in [4.78, 5) is 39.0. The number of piperazine rings is 1. The lowest BCUT2D eigenvalue weighted by atomic mass is 10.1. The molecule has 1 aliphatic rings. The molecule has 1 saturated heterocycles. The first kappa shape index (κ1) is 33.6. The van der Waals surface area contributed by atoms with E-state index in [0.717, 1.165) is 66.3 Å². The molecule has 1 aromatic carbocycles. The Balaban J connectivity index is 0.000000327. The van der Waals surface area contributed by atoms with E-state index in [2.05, 4.69) is 51.3 Å². The second kappa shape index (κ2) is 18.0. The van der Waals surface area contributed by atoms with Gasteiger partial charge in [0.2, 0.25) is 0 Å². The van der Waals surface area contributed by atoms with E-state index in [1.807, 2.05) is 32.0 Å². The van der Waals surface area contributed by atoms with Crippen LogP contribution in [0.5, 0.6) is 0 Å². The highest BCUT2D eigenvalue weighted by Crippen LogP contribution is 2.19. The Morgan fingerprint density at radius 1 is 1.00 bits per heavy atom. The monoisotopic (exact) mass is 584 g/mol. The number of rotatable bonds is 8. The molecule has 1 aliphatic heterocycles. The van der Waals surface area contributed by atoms with Gasteiger partial charge in [0.05, 0.1) is 30.0 Å². The van der Waals surface area contributed by atoms with Crippen molar-refractivity contribution in [3.63, 3.8) is 0 Å². The first-order valence-corrected chi connectivity index (χ1v) is 14.9. The number of carbonyl (C=O) groups is 2. The van der Waals surface area contributed by atoms with Crippen molar-refractivity contribution in [1.29, 1.82) is 0 Å². The number of nitrogens with one attached hydrogen (secondary N) is 2. The molecule has 224 valence electrons. The minimum Gasteiger partial charge on any atom is -0.465 e. The van der Waals surface area contributed by atoms with Crippen LogP contribution in [0.2, 0.25) is 0 Å². The van der Waals surface area contributed by atoms with Crippen molar-refractivity contribution in [2.45, 2.75) is 60.9 Å². The number of benzene rings is 1. The Morgan fingerprint density at radius 2 is 1.66 bits per heavy atom. The van der Waals surface area contributed by atoms with Gasteiger partial charge in [0, 0.05) is 45.2 Å². The van der Waals surface area contributed by atoms with Crippen LogP contribution in [0.15, 0.2) is 30.3 Å². The molecule has 10 nitrogen and oxygen atoms in total. The van der Waals surface area contributed by atoms with E-state index in [9.17, 15) is 9.59 Å². The molecule has 0 aliphatic carbocycles. The van der Waals surface area contributed by atoms with E-state index >= 15 is 0 Å². The number of nitrogens with zero attached hydrogens (tertiary/aromatic N) is 4. The fraction of sp³-hybridized carbons (Fsp3) is 0.500. The largest absolute Gasteiger partial charge is 0.465 e. The molecule has 41 heavy (non-hydrogen) atoms. The number of methoxy groups -OCH3 is 1. The summed E-state index contributed by atoms with van der Waals surface area (Å²) in [6.07, 6.45) is 2.04. The summed E-state index contributed by atoms with van der Waals surface area (Å²) in [6, 6.07) is 9.38. The van der Waals surface area contributed by atoms with E-state index in [1.54, 1.807) is 19.1 Å². The van der Waals surface area contributed by atoms with Gasteiger partial charge in [0.25, 0.3) is 0 Å². The van der Waals surface area contributed by atoms with Crippen molar-refractivity contribution < 1.29 is 19.1 Å². The molecule has 3 aromatic rings. The first-order chi connectivity index (χ1) is 19.8. The zero-order valence-electron chi connectivity index (χ0n) is 25.4. The molecule has 0 radical (unpaired) electrons. The molecule has 0 saturated carbocycles. The topological polar surface area (TPSA) is 119 Å². The fourth-order valence-electron chi connectivity index (χ4n) is 3.77. The summed E-state index contributed by atoms with van der Waals surface area (Å²) in [7, 11) is 1.38. The molecule has 0 amide bonds. The van der Waals surface area contributed by atoms with Gasteiger partial charge in [-0.25, -0.2) is 24.5 Å².